The van der Waals surface area contributed by atoms with E-state index in [1.165, 1.54) is 16.9 Å². The van der Waals surface area contributed by atoms with Gasteiger partial charge in [-0.25, -0.2) is 12.8 Å². The minimum Gasteiger partial charge on any atom is -0.731 e. The zero-order chi connectivity index (χ0) is 10.1. The number of rotatable bonds is 2. The molecule has 0 bridgehead atoms. The van der Waals surface area contributed by atoms with Gasteiger partial charge in [-0.05, 0) is 24.6 Å². The molecule has 72 valence electrons. The molecule has 0 heterocycles. The summed E-state index contributed by atoms with van der Waals surface area (Å²) in [5.41, 5.74) is 0.336. The molecule has 1 N–H and O–H groups in total. The molecular weight excluding hydrogens is 220 g/mol. The van der Waals surface area contributed by atoms with Gasteiger partial charge < -0.3 is 4.55 Å². The van der Waals surface area contributed by atoms with Crippen LogP contribution in [0.5, 0.6) is 0 Å². The van der Waals surface area contributed by atoms with Crippen molar-refractivity contribution in [3.63, 3.8) is 0 Å². The van der Waals surface area contributed by atoms with Crippen LogP contribution in [0.25, 0.3) is 0 Å². The van der Waals surface area contributed by atoms with E-state index in [2.05, 4.69) is 0 Å². The fraction of sp³-hybridized carbons (Fsp3) is 0.143. The van der Waals surface area contributed by atoms with E-state index in [0.29, 0.717) is 5.56 Å². The molecule has 14 heavy (non-hydrogen) atoms. The van der Waals surface area contributed by atoms with Gasteiger partial charge in [-0.2, -0.15) is 0 Å². The molecule has 0 saturated carbocycles. The molecule has 0 aliphatic carbocycles. The molecule has 4 nitrogen and oxygen atoms in total. The number of nitrogens with one attached hydrogen (secondary N) is 1. The molecule has 1 aromatic carbocycles. The van der Waals surface area contributed by atoms with E-state index < -0.39 is 16.1 Å². The van der Waals surface area contributed by atoms with Gasteiger partial charge in [0.15, 0.2) is 10.3 Å². The van der Waals surface area contributed by atoms with Crippen molar-refractivity contribution in [1.82, 2.24) is 0 Å². The van der Waals surface area contributed by atoms with Crippen LogP contribution in [-0.2, 0) is 10.3 Å². The van der Waals surface area contributed by atoms with Gasteiger partial charge in [0.2, 0.25) is 0 Å². The summed E-state index contributed by atoms with van der Waals surface area (Å²) >= 11 is 0. The van der Waals surface area contributed by atoms with E-state index in [1.54, 1.807) is 6.92 Å². The Balaban J connectivity index is 0.00000169. The molecule has 0 atom stereocenters. The predicted octanol–water partition coefficient (Wildman–Crippen LogP) is -1.99. The molecule has 1 rings (SSSR count). The minimum absolute atomic E-state index is 0. The average molecular weight is 227 g/mol. The molecule has 0 aliphatic heterocycles. The third-order valence-corrected chi connectivity index (χ3v) is 1.83. The first-order valence-electron chi connectivity index (χ1n) is 3.38. The summed E-state index contributed by atoms with van der Waals surface area (Å²) < 4.78 is 45.1. The predicted molar refractivity (Wildman–Crippen MR) is 44.5 cm³/mol. The van der Waals surface area contributed by atoms with Crippen LogP contribution in [0.1, 0.15) is 5.56 Å². The zero-order valence-electron chi connectivity index (χ0n) is 7.74. The second-order valence-electron chi connectivity index (χ2n) is 2.54. The summed E-state index contributed by atoms with van der Waals surface area (Å²) in [6, 6.07) is 3.80. The average Bonchev–Trinajstić information content (AvgIpc) is 1.94. The van der Waals surface area contributed by atoms with Crippen molar-refractivity contribution in [1.29, 1.82) is 0 Å². The second kappa shape index (κ2) is 5.09. The summed E-state index contributed by atoms with van der Waals surface area (Å²) in [6.07, 6.45) is 0. The van der Waals surface area contributed by atoms with E-state index in [0.717, 1.165) is 6.07 Å². The quantitative estimate of drug-likeness (QED) is 0.470. The Hall–Kier alpha value is -0.140. The van der Waals surface area contributed by atoms with Gasteiger partial charge in [-0.1, -0.05) is 6.07 Å². The topological polar surface area (TPSA) is 69.2 Å². The summed E-state index contributed by atoms with van der Waals surface area (Å²) in [7, 11) is -4.66. The van der Waals surface area contributed by atoms with Gasteiger partial charge in [-0.15, -0.1) is 0 Å². The summed E-state index contributed by atoms with van der Waals surface area (Å²) in [5, 5.41) is 0. The van der Waals surface area contributed by atoms with E-state index in [9.17, 15) is 17.4 Å². The first-order valence-corrected chi connectivity index (χ1v) is 4.79. The second-order valence-corrected chi connectivity index (χ2v) is 3.65. The molecule has 0 amide bonds. The van der Waals surface area contributed by atoms with Crippen LogP contribution in [-0.4, -0.2) is 13.0 Å². The maximum Gasteiger partial charge on any atom is 1.00 e. The monoisotopic (exact) mass is 227 g/mol. The Morgan fingerprint density at radius 2 is 2.00 bits per heavy atom. The molecule has 0 spiro atoms. The Labute approximate surface area is 104 Å². The normalized spacial score (nSPS) is 10.5. The molecule has 0 fully saturated rings. The van der Waals surface area contributed by atoms with Gasteiger partial charge in [0, 0.05) is 0 Å². The molecule has 0 unspecified atom stereocenters. The third kappa shape index (κ3) is 4.39. The SMILES string of the molecule is Cc1ccc(F)c(NS(=O)(=O)[O-])c1.[Na+]. The van der Waals surface area contributed by atoms with Crippen molar-refractivity contribution in [2.24, 2.45) is 0 Å². The van der Waals surface area contributed by atoms with Crippen LogP contribution in [0.3, 0.4) is 0 Å². The Morgan fingerprint density at radius 3 is 2.50 bits per heavy atom. The van der Waals surface area contributed by atoms with Gasteiger partial charge in [0.05, 0.1) is 5.69 Å². The fourth-order valence-corrected chi connectivity index (χ4v) is 1.28. The first kappa shape index (κ1) is 13.9. The first-order chi connectivity index (χ1) is 5.88. The maximum absolute atomic E-state index is 12.8. The van der Waals surface area contributed by atoms with Gasteiger partial charge >= 0.3 is 29.6 Å². The van der Waals surface area contributed by atoms with Crippen molar-refractivity contribution in [2.45, 2.75) is 6.92 Å². The Morgan fingerprint density at radius 1 is 1.43 bits per heavy atom. The smallest absolute Gasteiger partial charge is 0.731 e. The number of hydrogen-bond donors (Lipinski definition) is 1. The number of aryl methyl sites for hydroxylation is 1. The van der Waals surface area contributed by atoms with Gasteiger partial charge in [-0.3, -0.25) is 4.72 Å². The van der Waals surface area contributed by atoms with Crippen molar-refractivity contribution < 1.29 is 46.9 Å². The standard InChI is InChI=1S/C7H8FNO3S.Na/c1-5-2-3-6(8)7(4-5)9-13(10,11)12;/h2-4,9H,1H3,(H,10,11,12);/q;+1/p-1. The van der Waals surface area contributed by atoms with Gasteiger partial charge in [0.25, 0.3) is 0 Å². The molecule has 0 saturated heterocycles. The van der Waals surface area contributed by atoms with E-state index in [-0.39, 0.29) is 35.2 Å². The summed E-state index contributed by atoms with van der Waals surface area (Å²) in [5.74, 6) is -0.773. The molecule has 0 aromatic heterocycles. The van der Waals surface area contributed by atoms with Crippen molar-refractivity contribution in [3.8, 4) is 0 Å². The number of halogens is 1. The number of hydrogen-bond acceptors (Lipinski definition) is 3. The van der Waals surface area contributed by atoms with Crippen molar-refractivity contribution >= 4 is 16.0 Å². The van der Waals surface area contributed by atoms with Crippen LogP contribution in [0, 0.1) is 12.7 Å². The summed E-state index contributed by atoms with van der Waals surface area (Å²) in [4.78, 5) is 0. The molecule has 0 aliphatic rings. The minimum atomic E-state index is -4.66. The van der Waals surface area contributed by atoms with Crippen molar-refractivity contribution in [3.05, 3.63) is 29.6 Å². The van der Waals surface area contributed by atoms with Crippen LogP contribution < -0.4 is 34.3 Å². The Kier molecular flexibility index (Phi) is 5.03. The fourth-order valence-electron chi connectivity index (χ4n) is 0.852. The maximum atomic E-state index is 12.8. The van der Waals surface area contributed by atoms with Crippen molar-refractivity contribution in [2.75, 3.05) is 4.72 Å². The van der Waals surface area contributed by atoms with E-state index in [1.807, 2.05) is 0 Å². The van der Waals surface area contributed by atoms with Crippen LogP contribution in [0.15, 0.2) is 18.2 Å². The van der Waals surface area contributed by atoms with Crippen LogP contribution >= 0.6 is 0 Å². The van der Waals surface area contributed by atoms with Crippen LogP contribution in [0.4, 0.5) is 10.1 Å². The Bertz CT molecular complexity index is 421. The molecule has 7 heteroatoms. The van der Waals surface area contributed by atoms with E-state index >= 15 is 0 Å². The largest absolute Gasteiger partial charge is 1.00 e. The number of anilines is 1. The summed E-state index contributed by atoms with van der Waals surface area (Å²) in [6.45, 7) is 1.65. The third-order valence-electron chi connectivity index (χ3n) is 1.36. The molecule has 1 aromatic rings. The number of benzene rings is 1. The van der Waals surface area contributed by atoms with Crippen LogP contribution in [0.2, 0.25) is 0 Å². The molecule has 0 radical (unpaired) electrons. The van der Waals surface area contributed by atoms with Gasteiger partial charge in [0.1, 0.15) is 5.82 Å². The zero-order valence-corrected chi connectivity index (χ0v) is 10.6. The van der Waals surface area contributed by atoms with E-state index in [4.69, 9.17) is 0 Å². The molecular formula is C7H7FNNaO3S.